The monoisotopic (exact) mass is 233 g/mol. The lowest BCUT2D eigenvalue weighted by Gasteiger charge is -2.14. The summed E-state index contributed by atoms with van der Waals surface area (Å²) in [6, 6.07) is 8.38. The first-order valence-electron chi connectivity index (χ1n) is 5.83. The maximum absolute atomic E-state index is 11.0. The zero-order valence-electron chi connectivity index (χ0n) is 10.6. The summed E-state index contributed by atoms with van der Waals surface area (Å²) in [5.41, 5.74) is 2.49. The number of hydrogen-bond acceptors (Lipinski definition) is 2. The second-order valence-corrected chi connectivity index (χ2v) is 4.52. The van der Waals surface area contributed by atoms with Crippen molar-refractivity contribution in [1.82, 2.24) is 4.90 Å². The second kappa shape index (κ2) is 6.18. The van der Waals surface area contributed by atoms with Gasteiger partial charge in [-0.3, -0.25) is 9.59 Å². The maximum atomic E-state index is 11.0. The van der Waals surface area contributed by atoms with Gasteiger partial charge in [-0.15, -0.1) is 0 Å². The predicted octanol–water partition coefficient (Wildman–Crippen LogP) is 2.01. The van der Waals surface area contributed by atoms with E-state index in [0.717, 1.165) is 6.42 Å². The van der Waals surface area contributed by atoms with Gasteiger partial charge in [0, 0.05) is 13.6 Å². The van der Waals surface area contributed by atoms with Gasteiger partial charge < -0.3 is 4.90 Å². The molecule has 0 atom stereocenters. The number of benzene rings is 1. The van der Waals surface area contributed by atoms with Crippen LogP contribution in [0.3, 0.4) is 0 Å². The minimum absolute atomic E-state index is 0.349. The highest BCUT2D eigenvalue weighted by Crippen LogP contribution is 2.14. The van der Waals surface area contributed by atoms with Crippen molar-refractivity contribution in [2.24, 2.45) is 0 Å². The Morgan fingerprint density at radius 1 is 1.29 bits per heavy atom. The SMILES string of the molecule is CC(C)c1ccc(CCN(C)C(=O)C=O)cc1. The van der Waals surface area contributed by atoms with Gasteiger partial charge in [0.25, 0.3) is 5.91 Å². The zero-order chi connectivity index (χ0) is 12.8. The van der Waals surface area contributed by atoms with Crippen LogP contribution in [0.1, 0.15) is 30.9 Å². The van der Waals surface area contributed by atoms with Crippen molar-refractivity contribution in [1.29, 1.82) is 0 Å². The van der Waals surface area contributed by atoms with E-state index in [1.807, 2.05) is 0 Å². The topological polar surface area (TPSA) is 37.4 Å². The molecule has 0 spiro atoms. The number of rotatable bonds is 5. The van der Waals surface area contributed by atoms with Gasteiger partial charge in [0.1, 0.15) is 0 Å². The summed E-state index contributed by atoms with van der Waals surface area (Å²) in [5.74, 6) is 0.0622. The third-order valence-electron chi connectivity index (χ3n) is 2.86. The van der Waals surface area contributed by atoms with Crippen LogP contribution < -0.4 is 0 Å². The molecule has 0 heterocycles. The van der Waals surface area contributed by atoms with E-state index in [1.165, 1.54) is 16.0 Å². The van der Waals surface area contributed by atoms with Crippen molar-refractivity contribution in [2.45, 2.75) is 26.2 Å². The Balaban J connectivity index is 2.52. The number of hydrogen-bond donors (Lipinski definition) is 0. The summed E-state index contributed by atoms with van der Waals surface area (Å²) in [4.78, 5) is 22.8. The zero-order valence-corrected chi connectivity index (χ0v) is 10.6. The van der Waals surface area contributed by atoms with E-state index >= 15 is 0 Å². The molecule has 0 aliphatic heterocycles. The Labute approximate surface area is 102 Å². The molecule has 0 radical (unpaired) electrons. The molecule has 1 amide bonds. The van der Waals surface area contributed by atoms with Gasteiger partial charge in [0.2, 0.25) is 6.29 Å². The molecule has 0 aromatic heterocycles. The number of carbonyl (C=O) groups is 2. The standard InChI is InChI=1S/C14H19NO2/c1-11(2)13-6-4-12(5-7-13)8-9-15(3)14(17)10-16/h4-7,10-11H,8-9H2,1-3H3. The van der Waals surface area contributed by atoms with E-state index in [0.29, 0.717) is 18.7 Å². The first-order chi connectivity index (χ1) is 8.04. The van der Waals surface area contributed by atoms with E-state index < -0.39 is 5.91 Å². The first-order valence-corrected chi connectivity index (χ1v) is 5.83. The van der Waals surface area contributed by atoms with E-state index in [1.54, 1.807) is 7.05 Å². The maximum Gasteiger partial charge on any atom is 0.286 e. The number of likely N-dealkylation sites (N-methyl/N-ethyl adjacent to an activating group) is 1. The Bertz CT molecular complexity index is 382. The quantitative estimate of drug-likeness (QED) is 0.576. The minimum atomic E-state index is -0.469. The van der Waals surface area contributed by atoms with E-state index in [-0.39, 0.29) is 0 Å². The summed E-state index contributed by atoms with van der Waals surface area (Å²) in [5, 5.41) is 0. The van der Waals surface area contributed by atoms with Gasteiger partial charge in [0.15, 0.2) is 0 Å². The molecule has 92 valence electrons. The van der Waals surface area contributed by atoms with Gasteiger partial charge >= 0.3 is 0 Å². The number of amides is 1. The normalized spacial score (nSPS) is 10.4. The Hall–Kier alpha value is -1.64. The van der Waals surface area contributed by atoms with Crippen LogP contribution in [-0.4, -0.2) is 30.7 Å². The van der Waals surface area contributed by atoms with Crippen molar-refractivity contribution in [3.8, 4) is 0 Å². The molecular formula is C14H19NO2. The van der Waals surface area contributed by atoms with E-state index in [2.05, 4.69) is 38.1 Å². The molecule has 0 bridgehead atoms. The number of aldehydes is 1. The lowest BCUT2D eigenvalue weighted by Crippen LogP contribution is -2.29. The Morgan fingerprint density at radius 2 is 1.88 bits per heavy atom. The fraction of sp³-hybridized carbons (Fsp3) is 0.429. The fourth-order valence-corrected chi connectivity index (χ4v) is 1.57. The lowest BCUT2D eigenvalue weighted by molar-refractivity contribution is -0.137. The van der Waals surface area contributed by atoms with E-state index in [4.69, 9.17) is 0 Å². The summed E-state index contributed by atoms with van der Waals surface area (Å²) >= 11 is 0. The molecule has 0 aliphatic carbocycles. The Morgan fingerprint density at radius 3 is 2.35 bits per heavy atom. The molecule has 3 nitrogen and oxygen atoms in total. The first kappa shape index (κ1) is 13.4. The minimum Gasteiger partial charge on any atom is -0.339 e. The summed E-state index contributed by atoms with van der Waals surface area (Å²) in [6.07, 6.45) is 1.12. The molecule has 1 rings (SSSR count). The predicted molar refractivity (Wildman–Crippen MR) is 67.9 cm³/mol. The molecule has 0 saturated carbocycles. The summed E-state index contributed by atoms with van der Waals surface area (Å²) < 4.78 is 0. The Kier molecular flexibility index (Phi) is 4.88. The van der Waals surface area contributed by atoms with Gasteiger partial charge in [-0.25, -0.2) is 0 Å². The van der Waals surface area contributed by atoms with Gasteiger partial charge in [-0.2, -0.15) is 0 Å². The highest BCUT2D eigenvalue weighted by Gasteiger charge is 2.06. The van der Waals surface area contributed by atoms with Crippen molar-refractivity contribution in [2.75, 3.05) is 13.6 Å². The fourth-order valence-electron chi connectivity index (χ4n) is 1.57. The molecular weight excluding hydrogens is 214 g/mol. The molecule has 17 heavy (non-hydrogen) atoms. The second-order valence-electron chi connectivity index (χ2n) is 4.52. The third kappa shape index (κ3) is 4.02. The molecule has 0 N–H and O–H groups in total. The summed E-state index contributed by atoms with van der Waals surface area (Å²) in [7, 11) is 1.64. The van der Waals surface area contributed by atoms with Gasteiger partial charge in [-0.05, 0) is 23.5 Å². The largest absolute Gasteiger partial charge is 0.339 e. The highest BCUT2D eigenvalue weighted by atomic mass is 16.2. The van der Waals surface area contributed by atoms with Gasteiger partial charge in [-0.1, -0.05) is 38.1 Å². The van der Waals surface area contributed by atoms with Crippen LogP contribution in [0, 0.1) is 0 Å². The molecule has 0 aliphatic rings. The van der Waals surface area contributed by atoms with Crippen LogP contribution in [0.4, 0.5) is 0 Å². The van der Waals surface area contributed by atoms with Crippen LogP contribution in [0.25, 0.3) is 0 Å². The molecule has 3 heteroatoms. The number of carbonyl (C=O) groups excluding carboxylic acids is 2. The molecule has 0 fully saturated rings. The third-order valence-corrected chi connectivity index (χ3v) is 2.86. The van der Waals surface area contributed by atoms with Crippen molar-refractivity contribution >= 4 is 12.2 Å². The van der Waals surface area contributed by atoms with Crippen LogP contribution in [0.2, 0.25) is 0 Å². The van der Waals surface area contributed by atoms with Crippen molar-refractivity contribution in [3.63, 3.8) is 0 Å². The van der Waals surface area contributed by atoms with Crippen molar-refractivity contribution in [3.05, 3.63) is 35.4 Å². The average molecular weight is 233 g/mol. The molecule has 1 aromatic carbocycles. The molecule has 0 unspecified atom stereocenters. The van der Waals surface area contributed by atoms with Crippen molar-refractivity contribution < 1.29 is 9.59 Å². The van der Waals surface area contributed by atoms with E-state index in [9.17, 15) is 9.59 Å². The van der Waals surface area contributed by atoms with Crippen LogP contribution >= 0.6 is 0 Å². The summed E-state index contributed by atoms with van der Waals surface area (Å²) in [6.45, 7) is 4.88. The molecule has 0 saturated heterocycles. The highest BCUT2D eigenvalue weighted by molar-refractivity contribution is 6.23. The smallest absolute Gasteiger partial charge is 0.286 e. The molecule has 1 aromatic rings. The van der Waals surface area contributed by atoms with Gasteiger partial charge in [0.05, 0.1) is 0 Å². The average Bonchev–Trinajstić information content (AvgIpc) is 2.35. The number of nitrogens with zero attached hydrogens (tertiary/aromatic N) is 1. The van der Waals surface area contributed by atoms with Crippen LogP contribution in [-0.2, 0) is 16.0 Å². The van der Waals surface area contributed by atoms with Crippen LogP contribution in [0.5, 0.6) is 0 Å². The lowest BCUT2D eigenvalue weighted by atomic mass is 10.0. The van der Waals surface area contributed by atoms with Crippen LogP contribution in [0.15, 0.2) is 24.3 Å².